The molecule has 0 bridgehead atoms. The lowest BCUT2D eigenvalue weighted by atomic mass is 9.75. The van der Waals surface area contributed by atoms with Gasteiger partial charge in [0.05, 0.1) is 17.8 Å². The fourth-order valence-corrected chi connectivity index (χ4v) is 4.75. The number of nitrogens with zero attached hydrogens (tertiary/aromatic N) is 5. The number of hydrogen-bond donors (Lipinski definition) is 2. The largest absolute Gasteiger partial charge is 0.390 e. The standard InChI is InChI=1S/C20H25ClN6OS/c1-13(22)20(2)4-8-27(9-5-20)18-14(12-28)25-16(11-24-18)29-15-3-7-26-10-6-23-19(26)17(15)21/h3,6-7,10-11,13,28H,4-5,8-9,12,22H2,1-2H3. The van der Waals surface area contributed by atoms with Crippen LogP contribution in [-0.4, -0.2) is 43.6 Å². The lowest BCUT2D eigenvalue weighted by Crippen LogP contribution is -2.47. The predicted octanol–water partition coefficient (Wildman–Crippen LogP) is 3.37. The third kappa shape index (κ3) is 3.94. The van der Waals surface area contributed by atoms with Gasteiger partial charge in [0.1, 0.15) is 10.7 Å². The molecule has 3 N–H and O–H groups in total. The highest BCUT2D eigenvalue weighted by atomic mass is 35.5. The highest BCUT2D eigenvalue weighted by molar-refractivity contribution is 7.99. The van der Waals surface area contributed by atoms with E-state index in [-0.39, 0.29) is 18.1 Å². The minimum Gasteiger partial charge on any atom is -0.390 e. The Kier molecular flexibility index (Phi) is 5.70. The third-order valence-corrected chi connectivity index (χ3v) is 7.39. The molecule has 4 rings (SSSR count). The van der Waals surface area contributed by atoms with E-state index in [4.69, 9.17) is 17.3 Å². The smallest absolute Gasteiger partial charge is 0.156 e. The molecule has 9 heteroatoms. The molecular weight excluding hydrogens is 408 g/mol. The van der Waals surface area contributed by atoms with Crippen LogP contribution in [-0.2, 0) is 6.61 Å². The first-order chi connectivity index (χ1) is 13.9. The van der Waals surface area contributed by atoms with E-state index in [1.165, 1.54) is 11.8 Å². The van der Waals surface area contributed by atoms with Crippen LogP contribution in [0.5, 0.6) is 0 Å². The summed E-state index contributed by atoms with van der Waals surface area (Å²) < 4.78 is 1.87. The summed E-state index contributed by atoms with van der Waals surface area (Å²) in [6.07, 6.45) is 9.20. The Balaban J connectivity index is 1.55. The molecule has 4 heterocycles. The molecule has 1 atom stereocenters. The van der Waals surface area contributed by atoms with Crippen molar-refractivity contribution < 1.29 is 5.11 Å². The van der Waals surface area contributed by atoms with Gasteiger partial charge in [-0.3, -0.25) is 0 Å². The Morgan fingerprint density at radius 1 is 1.31 bits per heavy atom. The number of nitrogens with two attached hydrogens (primary N) is 1. The van der Waals surface area contributed by atoms with Crippen LogP contribution in [0.3, 0.4) is 0 Å². The van der Waals surface area contributed by atoms with Gasteiger partial charge in [0, 0.05) is 42.6 Å². The predicted molar refractivity (Wildman–Crippen MR) is 115 cm³/mol. The molecule has 0 amide bonds. The van der Waals surface area contributed by atoms with Crippen molar-refractivity contribution in [2.75, 3.05) is 18.0 Å². The van der Waals surface area contributed by atoms with Crippen molar-refractivity contribution in [3.05, 3.63) is 41.6 Å². The molecule has 1 aliphatic rings. The zero-order chi connectivity index (χ0) is 20.6. The Morgan fingerprint density at radius 2 is 2.07 bits per heavy atom. The fourth-order valence-electron chi connectivity index (χ4n) is 3.63. The van der Waals surface area contributed by atoms with E-state index in [1.807, 2.05) is 22.9 Å². The molecule has 0 radical (unpaired) electrons. The molecule has 1 saturated heterocycles. The molecule has 7 nitrogen and oxygen atoms in total. The van der Waals surface area contributed by atoms with Crippen molar-refractivity contribution in [1.29, 1.82) is 0 Å². The number of rotatable bonds is 5. The van der Waals surface area contributed by atoms with Crippen molar-refractivity contribution in [2.45, 2.75) is 49.3 Å². The molecule has 154 valence electrons. The Hall–Kier alpha value is -1.87. The Bertz CT molecular complexity index is 1020. The summed E-state index contributed by atoms with van der Waals surface area (Å²) in [5.74, 6) is 0.749. The van der Waals surface area contributed by atoms with Crippen molar-refractivity contribution >= 4 is 34.8 Å². The van der Waals surface area contributed by atoms with Gasteiger partial charge in [0.2, 0.25) is 0 Å². The monoisotopic (exact) mass is 432 g/mol. The molecule has 0 saturated carbocycles. The number of halogens is 1. The fraction of sp³-hybridized carbons (Fsp3) is 0.450. The average molecular weight is 433 g/mol. The highest BCUT2D eigenvalue weighted by Gasteiger charge is 2.34. The van der Waals surface area contributed by atoms with Crippen molar-refractivity contribution in [1.82, 2.24) is 19.4 Å². The summed E-state index contributed by atoms with van der Waals surface area (Å²) in [5, 5.41) is 11.2. The van der Waals surface area contributed by atoms with Crippen LogP contribution in [0.15, 0.2) is 40.8 Å². The van der Waals surface area contributed by atoms with Crippen LogP contribution in [0.1, 0.15) is 32.4 Å². The number of pyridine rings is 1. The first-order valence-corrected chi connectivity index (χ1v) is 10.9. The molecule has 29 heavy (non-hydrogen) atoms. The van der Waals surface area contributed by atoms with Gasteiger partial charge >= 0.3 is 0 Å². The zero-order valence-electron chi connectivity index (χ0n) is 16.5. The number of aliphatic hydroxyl groups is 1. The molecule has 0 aliphatic carbocycles. The van der Waals surface area contributed by atoms with Gasteiger partial charge in [0.15, 0.2) is 11.5 Å². The van der Waals surface area contributed by atoms with Gasteiger partial charge in [-0.05, 0) is 31.2 Å². The average Bonchev–Trinajstić information content (AvgIpc) is 3.20. The minimum absolute atomic E-state index is 0.140. The number of anilines is 1. The van der Waals surface area contributed by atoms with Gasteiger partial charge in [0.25, 0.3) is 0 Å². The SMILES string of the molecule is CC(N)C1(C)CCN(c2ncc(Sc3ccn4ccnc4c3Cl)nc2CO)CC1. The molecule has 1 fully saturated rings. The summed E-state index contributed by atoms with van der Waals surface area (Å²) in [5.41, 5.74) is 7.59. The second-order valence-corrected chi connectivity index (χ2v) is 9.26. The molecule has 0 spiro atoms. The maximum absolute atomic E-state index is 9.90. The summed E-state index contributed by atoms with van der Waals surface area (Å²) in [4.78, 5) is 16.6. The van der Waals surface area contributed by atoms with E-state index in [9.17, 15) is 5.11 Å². The third-order valence-electron chi connectivity index (χ3n) is 5.94. The lowest BCUT2D eigenvalue weighted by molar-refractivity contribution is 0.204. The maximum atomic E-state index is 9.90. The van der Waals surface area contributed by atoms with Gasteiger partial charge in [-0.25, -0.2) is 15.0 Å². The van der Waals surface area contributed by atoms with Crippen LogP contribution in [0.25, 0.3) is 5.65 Å². The molecule has 3 aromatic rings. The van der Waals surface area contributed by atoms with E-state index in [0.717, 1.165) is 36.6 Å². The quantitative estimate of drug-likeness (QED) is 0.638. The van der Waals surface area contributed by atoms with E-state index in [1.54, 1.807) is 12.4 Å². The van der Waals surface area contributed by atoms with Crippen LogP contribution < -0.4 is 10.6 Å². The number of aliphatic hydroxyl groups excluding tert-OH is 1. The van der Waals surface area contributed by atoms with Gasteiger partial charge in [-0.1, -0.05) is 30.3 Å². The van der Waals surface area contributed by atoms with Crippen LogP contribution in [0.4, 0.5) is 5.82 Å². The minimum atomic E-state index is -0.162. The number of hydrogen-bond acceptors (Lipinski definition) is 7. The second-order valence-electron chi connectivity index (χ2n) is 7.82. The Morgan fingerprint density at radius 3 is 2.76 bits per heavy atom. The number of aromatic nitrogens is 4. The molecule has 1 aliphatic heterocycles. The molecular formula is C20H25ClN6OS. The normalized spacial score (nSPS) is 17.6. The van der Waals surface area contributed by atoms with E-state index < -0.39 is 0 Å². The van der Waals surface area contributed by atoms with Crippen LogP contribution >= 0.6 is 23.4 Å². The first kappa shape index (κ1) is 20.4. The van der Waals surface area contributed by atoms with E-state index in [2.05, 4.69) is 33.7 Å². The molecule has 1 unspecified atom stereocenters. The van der Waals surface area contributed by atoms with Crippen molar-refractivity contribution in [3.63, 3.8) is 0 Å². The summed E-state index contributed by atoms with van der Waals surface area (Å²) >= 11 is 7.91. The zero-order valence-corrected chi connectivity index (χ0v) is 18.1. The first-order valence-electron chi connectivity index (χ1n) is 9.67. The van der Waals surface area contributed by atoms with E-state index >= 15 is 0 Å². The van der Waals surface area contributed by atoms with Crippen LogP contribution in [0, 0.1) is 5.41 Å². The Labute approximate surface area is 179 Å². The number of piperidine rings is 1. The van der Waals surface area contributed by atoms with Crippen molar-refractivity contribution in [3.8, 4) is 0 Å². The second kappa shape index (κ2) is 8.10. The van der Waals surface area contributed by atoms with Gasteiger partial charge < -0.3 is 20.1 Å². The van der Waals surface area contributed by atoms with Crippen LogP contribution in [0.2, 0.25) is 5.02 Å². The highest BCUT2D eigenvalue weighted by Crippen LogP contribution is 2.37. The summed E-state index contributed by atoms with van der Waals surface area (Å²) in [7, 11) is 0. The summed E-state index contributed by atoms with van der Waals surface area (Å²) in [6, 6.07) is 2.08. The van der Waals surface area contributed by atoms with Gasteiger partial charge in [-0.2, -0.15) is 0 Å². The van der Waals surface area contributed by atoms with Gasteiger partial charge in [-0.15, -0.1) is 0 Å². The molecule has 3 aromatic heterocycles. The summed E-state index contributed by atoms with van der Waals surface area (Å²) in [6.45, 7) is 5.87. The lowest BCUT2D eigenvalue weighted by Gasteiger charge is -2.42. The topological polar surface area (TPSA) is 92.6 Å². The maximum Gasteiger partial charge on any atom is 0.156 e. The van der Waals surface area contributed by atoms with E-state index in [0.29, 0.717) is 21.4 Å². The molecule has 0 aromatic carbocycles. The van der Waals surface area contributed by atoms with Crippen molar-refractivity contribution in [2.24, 2.45) is 11.1 Å². The number of imidazole rings is 1. The number of fused-ring (bicyclic) bond motifs is 1.